The number of rotatable bonds is 34. The Labute approximate surface area is 313 Å². The van der Waals surface area contributed by atoms with Crippen molar-refractivity contribution in [2.45, 2.75) is 135 Å². The van der Waals surface area contributed by atoms with Crippen LogP contribution in [0.4, 0.5) is 0 Å². The number of hydrogen-bond donors (Lipinski definition) is 3. The Balaban J connectivity index is 4.54. The molecule has 0 radical (unpaired) electrons. The zero-order valence-electron chi connectivity index (χ0n) is 31.7. The molecule has 3 atom stereocenters. The molecule has 0 saturated carbocycles. The van der Waals surface area contributed by atoms with Crippen LogP contribution in [0.3, 0.4) is 0 Å². The predicted molar refractivity (Wildman–Crippen MR) is 209 cm³/mol. The van der Waals surface area contributed by atoms with E-state index < -0.39 is 51.8 Å². The van der Waals surface area contributed by atoms with E-state index in [2.05, 4.69) is 48.8 Å². The van der Waals surface area contributed by atoms with E-state index >= 15 is 0 Å². The normalized spacial score (nSPS) is 14.9. The van der Waals surface area contributed by atoms with Crippen molar-refractivity contribution in [2.24, 2.45) is 0 Å². The standard InChI is InChI=1S/C41H67O10P/c1-3-5-7-9-11-13-15-17-18-19-21-22-24-26-28-30-32-40(44)48-36-39(37-50-52(46,47)49-35-38(43)34-42)51-41(45)33-31-29-27-25-23-20-16-14-12-10-8-6-4-2/h6,8,10,12,14,16,18-23,25,27,38-39,42-43H,3-5,7,9,11,13,15,17,24,26,28-37H2,1-2H3,(H,46,47)/b8-6+,12-10+,16-14+,19-18+,22-21+,23-20+,27-25+/t38-,39?/m0/s1. The van der Waals surface area contributed by atoms with E-state index in [0.717, 1.165) is 32.1 Å². The molecule has 0 aromatic rings. The molecule has 0 aromatic carbocycles. The van der Waals surface area contributed by atoms with Gasteiger partial charge in [-0.3, -0.25) is 18.6 Å². The van der Waals surface area contributed by atoms with Gasteiger partial charge in [0, 0.05) is 12.8 Å². The topological polar surface area (TPSA) is 149 Å². The van der Waals surface area contributed by atoms with Crippen LogP contribution in [0.25, 0.3) is 0 Å². The average Bonchev–Trinajstić information content (AvgIpc) is 3.13. The van der Waals surface area contributed by atoms with Gasteiger partial charge in [0.1, 0.15) is 12.7 Å². The highest BCUT2D eigenvalue weighted by molar-refractivity contribution is 7.47. The summed E-state index contributed by atoms with van der Waals surface area (Å²) in [7, 11) is -4.64. The van der Waals surface area contributed by atoms with Crippen LogP contribution in [0.15, 0.2) is 85.1 Å². The Morgan fingerprint density at radius 3 is 1.67 bits per heavy atom. The van der Waals surface area contributed by atoms with Gasteiger partial charge in [-0.15, -0.1) is 0 Å². The molecule has 0 saturated heterocycles. The molecule has 0 aliphatic rings. The number of phosphoric acid groups is 1. The summed E-state index contributed by atoms with van der Waals surface area (Å²) in [6, 6.07) is 0. The van der Waals surface area contributed by atoms with Crippen LogP contribution in [-0.4, -0.2) is 65.7 Å². The summed E-state index contributed by atoms with van der Waals surface area (Å²) in [5.41, 5.74) is 0. The highest BCUT2D eigenvalue weighted by Gasteiger charge is 2.27. The van der Waals surface area contributed by atoms with E-state index in [1.54, 1.807) is 0 Å². The first kappa shape index (κ1) is 49.1. The first-order valence-electron chi connectivity index (χ1n) is 19.1. The number of carbonyl (C=O) groups is 2. The van der Waals surface area contributed by atoms with Crippen LogP contribution in [0.1, 0.15) is 123 Å². The molecule has 0 aliphatic carbocycles. The van der Waals surface area contributed by atoms with Gasteiger partial charge in [-0.25, -0.2) is 4.57 Å². The SMILES string of the molecule is CC/C=C/C=C/C=C/C=C/C=C/CCCC(=O)OC(COC(=O)CCCCC/C=C/C=C/CCCCCCCCC)COP(=O)(O)OC[C@@H](O)CO. The second kappa shape index (κ2) is 36.5. The molecule has 2 unspecified atom stereocenters. The molecule has 10 nitrogen and oxygen atoms in total. The maximum Gasteiger partial charge on any atom is 0.472 e. The third kappa shape index (κ3) is 35.5. The third-order valence-corrected chi connectivity index (χ3v) is 8.39. The van der Waals surface area contributed by atoms with Gasteiger partial charge in [-0.1, -0.05) is 144 Å². The van der Waals surface area contributed by atoms with Gasteiger partial charge in [-0.05, 0) is 51.4 Å². The fourth-order valence-electron chi connectivity index (χ4n) is 4.48. The van der Waals surface area contributed by atoms with E-state index in [4.69, 9.17) is 19.1 Å². The summed E-state index contributed by atoms with van der Waals surface area (Å²) in [5.74, 6) is -1.05. The highest BCUT2D eigenvalue weighted by atomic mass is 31.2. The van der Waals surface area contributed by atoms with E-state index in [9.17, 15) is 24.2 Å². The number of unbranched alkanes of at least 4 members (excludes halogenated alkanes) is 11. The molecule has 11 heteroatoms. The fourth-order valence-corrected chi connectivity index (χ4v) is 5.27. The van der Waals surface area contributed by atoms with Crippen molar-refractivity contribution >= 4 is 19.8 Å². The Kier molecular flexibility index (Phi) is 34.5. The van der Waals surface area contributed by atoms with Crippen LogP contribution >= 0.6 is 7.82 Å². The molecule has 0 amide bonds. The number of hydrogen-bond acceptors (Lipinski definition) is 9. The number of aliphatic hydroxyl groups is 2. The van der Waals surface area contributed by atoms with Gasteiger partial charge in [0.2, 0.25) is 0 Å². The van der Waals surface area contributed by atoms with Crippen molar-refractivity contribution in [3.63, 3.8) is 0 Å². The van der Waals surface area contributed by atoms with Crippen LogP contribution < -0.4 is 0 Å². The predicted octanol–water partition coefficient (Wildman–Crippen LogP) is 9.49. The van der Waals surface area contributed by atoms with Gasteiger partial charge in [0.05, 0.1) is 19.8 Å². The van der Waals surface area contributed by atoms with Crippen LogP contribution in [0, 0.1) is 0 Å². The van der Waals surface area contributed by atoms with Gasteiger partial charge < -0.3 is 24.6 Å². The largest absolute Gasteiger partial charge is 0.472 e. The quantitative estimate of drug-likeness (QED) is 0.0251. The first-order valence-corrected chi connectivity index (χ1v) is 20.6. The lowest BCUT2D eigenvalue weighted by atomic mass is 10.1. The summed E-state index contributed by atoms with van der Waals surface area (Å²) >= 11 is 0. The van der Waals surface area contributed by atoms with Crippen molar-refractivity contribution < 1.29 is 47.8 Å². The number of ether oxygens (including phenoxy) is 2. The summed E-state index contributed by atoms with van der Waals surface area (Å²) in [4.78, 5) is 34.8. The third-order valence-electron chi connectivity index (χ3n) is 7.44. The summed E-state index contributed by atoms with van der Waals surface area (Å²) in [6.45, 7) is 2.07. The minimum absolute atomic E-state index is 0.0773. The van der Waals surface area contributed by atoms with Crippen LogP contribution in [0.5, 0.6) is 0 Å². The minimum Gasteiger partial charge on any atom is -0.462 e. The molecule has 52 heavy (non-hydrogen) atoms. The smallest absolute Gasteiger partial charge is 0.462 e. The Morgan fingerprint density at radius 1 is 0.596 bits per heavy atom. The molecule has 0 fully saturated rings. The Hall–Kier alpha value is -2.85. The number of carbonyl (C=O) groups excluding carboxylic acids is 2. The fraction of sp³-hybridized carbons (Fsp3) is 0.610. The molecule has 0 rings (SSSR count). The van der Waals surface area contributed by atoms with Crippen molar-refractivity contribution in [3.8, 4) is 0 Å². The number of aliphatic hydroxyl groups excluding tert-OH is 2. The van der Waals surface area contributed by atoms with Crippen molar-refractivity contribution in [3.05, 3.63) is 85.1 Å². The molecule has 0 heterocycles. The van der Waals surface area contributed by atoms with Gasteiger partial charge in [0.15, 0.2) is 6.10 Å². The van der Waals surface area contributed by atoms with E-state index in [1.807, 2.05) is 54.7 Å². The van der Waals surface area contributed by atoms with Crippen molar-refractivity contribution in [1.29, 1.82) is 0 Å². The molecule has 296 valence electrons. The maximum absolute atomic E-state index is 12.5. The molecule has 0 aliphatic heterocycles. The lowest BCUT2D eigenvalue weighted by Gasteiger charge is -2.20. The van der Waals surface area contributed by atoms with E-state index in [1.165, 1.54) is 44.9 Å². The molecule has 0 bridgehead atoms. The molecular weight excluding hydrogens is 683 g/mol. The van der Waals surface area contributed by atoms with Gasteiger partial charge >= 0.3 is 19.8 Å². The monoisotopic (exact) mass is 750 g/mol. The second-order valence-corrected chi connectivity index (χ2v) is 13.8. The summed E-state index contributed by atoms with van der Waals surface area (Å²) in [5, 5.41) is 18.3. The van der Waals surface area contributed by atoms with Gasteiger partial charge in [0.25, 0.3) is 0 Å². The van der Waals surface area contributed by atoms with Gasteiger partial charge in [-0.2, -0.15) is 0 Å². The van der Waals surface area contributed by atoms with Crippen LogP contribution in [0.2, 0.25) is 0 Å². The number of esters is 2. The highest BCUT2D eigenvalue weighted by Crippen LogP contribution is 2.43. The van der Waals surface area contributed by atoms with Crippen molar-refractivity contribution in [2.75, 3.05) is 26.4 Å². The summed E-state index contributed by atoms with van der Waals surface area (Å²) in [6.07, 6.45) is 41.4. The Morgan fingerprint density at radius 2 is 1.08 bits per heavy atom. The maximum atomic E-state index is 12.5. The molecule has 3 N–H and O–H groups in total. The lowest BCUT2D eigenvalue weighted by Crippen LogP contribution is -2.29. The molecular formula is C41H67O10P. The Bertz CT molecular complexity index is 1140. The minimum atomic E-state index is -4.64. The average molecular weight is 751 g/mol. The molecule has 0 spiro atoms. The van der Waals surface area contributed by atoms with E-state index in [0.29, 0.717) is 19.3 Å². The summed E-state index contributed by atoms with van der Waals surface area (Å²) < 4.78 is 32.5. The zero-order valence-corrected chi connectivity index (χ0v) is 32.6. The number of phosphoric ester groups is 1. The molecule has 0 aromatic heterocycles. The van der Waals surface area contributed by atoms with Crippen molar-refractivity contribution in [1.82, 2.24) is 0 Å². The zero-order chi connectivity index (χ0) is 38.4. The first-order chi connectivity index (χ1) is 25.2. The second-order valence-electron chi connectivity index (χ2n) is 12.4. The van der Waals surface area contributed by atoms with E-state index in [-0.39, 0.29) is 19.4 Å². The lowest BCUT2D eigenvalue weighted by molar-refractivity contribution is -0.161. The van der Waals surface area contributed by atoms with Crippen LogP contribution in [-0.2, 0) is 32.7 Å². The number of allylic oxidation sites excluding steroid dienone is 14.